The highest BCUT2D eigenvalue weighted by Gasteiger charge is 2.30. The third-order valence-electron chi connectivity index (χ3n) is 4.48. The van der Waals surface area contributed by atoms with Crippen molar-refractivity contribution in [3.63, 3.8) is 0 Å². The number of methoxy groups -OCH3 is 1. The van der Waals surface area contributed by atoms with Crippen molar-refractivity contribution in [2.45, 2.75) is 18.9 Å². The lowest BCUT2D eigenvalue weighted by atomic mass is 10.1. The van der Waals surface area contributed by atoms with Gasteiger partial charge in [0, 0.05) is 12.6 Å². The summed E-state index contributed by atoms with van der Waals surface area (Å²) in [6.07, 6.45) is 1.69. The number of aliphatic hydroxyl groups is 1. The summed E-state index contributed by atoms with van der Waals surface area (Å²) in [4.78, 5) is 14.4. The normalized spacial score (nSPS) is 15.6. The summed E-state index contributed by atoms with van der Waals surface area (Å²) < 4.78 is 18.7. The van der Waals surface area contributed by atoms with Crippen molar-refractivity contribution < 1.29 is 19.0 Å². The predicted molar refractivity (Wildman–Crippen MR) is 93.3 cm³/mol. The molecule has 2 amide bonds. The molecule has 0 bridgehead atoms. The smallest absolute Gasteiger partial charge is 0.322 e. The van der Waals surface area contributed by atoms with E-state index in [2.05, 4.69) is 11.4 Å². The molecule has 2 aromatic carbocycles. The van der Waals surface area contributed by atoms with Crippen LogP contribution in [0.2, 0.25) is 0 Å². The fraction of sp³-hybridized carbons (Fsp3) is 0.316. The quantitative estimate of drug-likeness (QED) is 0.874. The molecule has 2 aromatic rings. The van der Waals surface area contributed by atoms with Crippen molar-refractivity contribution in [2.75, 3.05) is 25.6 Å². The van der Waals surface area contributed by atoms with Crippen molar-refractivity contribution in [3.8, 4) is 5.75 Å². The van der Waals surface area contributed by atoms with Crippen LogP contribution in [0.3, 0.4) is 0 Å². The lowest BCUT2D eigenvalue weighted by Crippen LogP contribution is -2.39. The van der Waals surface area contributed by atoms with Gasteiger partial charge in [-0.05, 0) is 36.1 Å². The second kappa shape index (κ2) is 7.53. The molecule has 1 aliphatic rings. The van der Waals surface area contributed by atoms with Crippen LogP contribution in [0.5, 0.6) is 5.75 Å². The Labute approximate surface area is 146 Å². The highest BCUT2D eigenvalue weighted by Crippen LogP contribution is 2.36. The van der Waals surface area contributed by atoms with Gasteiger partial charge in [0.05, 0.1) is 25.4 Å². The minimum absolute atomic E-state index is 0.108. The molecule has 1 atom stereocenters. The molecule has 5 nitrogen and oxygen atoms in total. The minimum atomic E-state index is -0.462. The SMILES string of the molecule is COc1ccc(F)cc1NC(=O)N(CCO)C1CCc2ccccc21. The van der Waals surface area contributed by atoms with Gasteiger partial charge in [-0.25, -0.2) is 9.18 Å². The zero-order chi connectivity index (χ0) is 17.8. The summed E-state index contributed by atoms with van der Waals surface area (Å²) in [5.74, 6) is -0.0819. The Bertz CT molecular complexity index is 766. The molecular formula is C19H21FN2O3. The molecule has 6 heteroatoms. The Morgan fingerprint density at radius 2 is 2.16 bits per heavy atom. The van der Waals surface area contributed by atoms with E-state index < -0.39 is 5.82 Å². The second-order valence-electron chi connectivity index (χ2n) is 5.95. The molecule has 0 fully saturated rings. The molecular weight excluding hydrogens is 323 g/mol. The molecule has 1 aliphatic carbocycles. The first-order chi connectivity index (χ1) is 12.1. The summed E-state index contributed by atoms with van der Waals surface area (Å²) in [5.41, 5.74) is 2.57. The number of halogens is 1. The summed E-state index contributed by atoms with van der Waals surface area (Å²) in [6.45, 7) is 0.0504. The average Bonchev–Trinajstić information content (AvgIpc) is 3.03. The summed E-state index contributed by atoms with van der Waals surface area (Å²) >= 11 is 0. The van der Waals surface area contributed by atoms with Gasteiger partial charge in [-0.2, -0.15) is 0 Å². The lowest BCUT2D eigenvalue weighted by Gasteiger charge is -2.29. The fourth-order valence-corrected chi connectivity index (χ4v) is 3.33. The second-order valence-corrected chi connectivity index (χ2v) is 5.95. The predicted octanol–water partition coefficient (Wildman–Crippen LogP) is 3.35. The summed E-state index contributed by atoms with van der Waals surface area (Å²) in [5, 5.41) is 12.1. The standard InChI is InChI=1S/C19H21FN2O3/c1-25-18-9-7-14(20)12-16(18)21-19(24)22(10-11-23)17-8-6-13-4-2-3-5-15(13)17/h2-5,7,9,12,17,23H,6,8,10-11H2,1H3,(H,21,24). The molecule has 3 rings (SSSR count). The maximum atomic E-state index is 13.5. The molecule has 0 radical (unpaired) electrons. The maximum absolute atomic E-state index is 13.5. The summed E-state index contributed by atoms with van der Waals surface area (Å²) in [6, 6.07) is 11.4. The average molecular weight is 344 g/mol. The summed E-state index contributed by atoms with van der Waals surface area (Å²) in [7, 11) is 1.46. The van der Waals surface area contributed by atoms with E-state index in [1.165, 1.54) is 30.9 Å². The van der Waals surface area contributed by atoms with Crippen LogP contribution in [0.1, 0.15) is 23.6 Å². The van der Waals surface area contributed by atoms with Crippen molar-refractivity contribution in [2.24, 2.45) is 0 Å². The van der Waals surface area contributed by atoms with Gasteiger partial charge in [0.2, 0.25) is 0 Å². The van der Waals surface area contributed by atoms with E-state index in [9.17, 15) is 14.3 Å². The molecule has 0 saturated heterocycles. The van der Waals surface area contributed by atoms with Crippen LogP contribution in [0.15, 0.2) is 42.5 Å². The van der Waals surface area contributed by atoms with E-state index in [0.717, 1.165) is 18.4 Å². The highest BCUT2D eigenvalue weighted by molar-refractivity contribution is 5.91. The number of ether oxygens (including phenoxy) is 1. The number of fused-ring (bicyclic) bond motifs is 1. The Morgan fingerprint density at radius 3 is 2.92 bits per heavy atom. The van der Waals surface area contributed by atoms with Gasteiger partial charge in [-0.3, -0.25) is 0 Å². The number of aliphatic hydroxyl groups excluding tert-OH is 1. The molecule has 1 unspecified atom stereocenters. The first kappa shape index (κ1) is 17.2. The van der Waals surface area contributed by atoms with Crippen LogP contribution < -0.4 is 10.1 Å². The number of aryl methyl sites for hydroxylation is 1. The van der Waals surface area contributed by atoms with Gasteiger partial charge in [0.15, 0.2) is 0 Å². The first-order valence-corrected chi connectivity index (χ1v) is 8.24. The number of urea groups is 1. The number of benzene rings is 2. The first-order valence-electron chi connectivity index (χ1n) is 8.24. The zero-order valence-corrected chi connectivity index (χ0v) is 14.0. The van der Waals surface area contributed by atoms with Gasteiger partial charge in [0.1, 0.15) is 11.6 Å². The zero-order valence-electron chi connectivity index (χ0n) is 14.0. The molecule has 0 heterocycles. The Kier molecular flexibility index (Phi) is 5.19. The van der Waals surface area contributed by atoms with Gasteiger partial charge in [-0.1, -0.05) is 24.3 Å². The van der Waals surface area contributed by atoms with Gasteiger partial charge >= 0.3 is 6.03 Å². The number of anilines is 1. The molecule has 2 N–H and O–H groups in total. The van der Waals surface area contributed by atoms with Gasteiger partial charge < -0.3 is 20.1 Å². The van der Waals surface area contributed by atoms with E-state index in [0.29, 0.717) is 5.75 Å². The van der Waals surface area contributed by atoms with Crippen LogP contribution >= 0.6 is 0 Å². The number of carbonyl (C=O) groups excluding carboxylic acids is 1. The lowest BCUT2D eigenvalue weighted by molar-refractivity contribution is 0.162. The van der Waals surface area contributed by atoms with E-state index in [4.69, 9.17) is 4.74 Å². The van der Waals surface area contributed by atoms with Crippen LogP contribution in [-0.2, 0) is 6.42 Å². The fourth-order valence-electron chi connectivity index (χ4n) is 3.33. The molecule has 0 spiro atoms. The number of amides is 2. The van der Waals surface area contributed by atoms with Crippen LogP contribution in [0.25, 0.3) is 0 Å². The Hall–Kier alpha value is -2.60. The maximum Gasteiger partial charge on any atom is 0.322 e. The number of hydrogen-bond acceptors (Lipinski definition) is 3. The van der Waals surface area contributed by atoms with Crippen molar-refractivity contribution in [1.29, 1.82) is 0 Å². The number of rotatable bonds is 5. The number of carbonyl (C=O) groups is 1. The third-order valence-corrected chi connectivity index (χ3v) is 4.48. The monoisotopic (exact) mass is 344 g/mol. The van der Waals surface area contributed by atoms with Crippen molar-refractivity contribution in [3.05, 3.63) is 59.4 Å². The third kappa shape index (κ3) is 3.58. The Balaban J connectivity index is 1.84. The van der Waals surface area contributed by atoms with E-state index in [1.807, 2.05) is 18.2 Å². The number of nitrogens with zero attached hydrogens (tertiary/aromatic N) is 1. The largest absolute Gasteiger partial charge is 0.495 e. The van der Waals surface area contributed by atoms with Crippen LogP contribution in [0, 0.1) is 5.82 Å². The number of nitrogens with one attached hydrogen (secondary N) is 1. The highest BCUT2D eigenvalue weighted by atomic mass is 19.1. The number of hydrogen-bond donors (Lipinski definition) is 2. The molecule has 0 aromatic heterocycles. The van der Waals surface area contributed by atoms with Gasteiger partial charge in [-0.15, -0.1) is 0 Å². The molecule has 0 saturated carbocycles. The minimum Gasteiger partial charge on any atom is -0.495 e. The van der Waals surface area contributed by atoms with E-state index >= 15 is 0 Å². The van der Waals surface area contributed by atoms with E-state index in [-0.39, 0.29) is 30.9 Å². The van der Waals surface area contributed by atoms with Gasteiger partial charge in [0.25, 0.3) is 0 Å². The molecule has 132 valence electrons. The molecule has 0 aliphatic heterocycles. The topological polar surface area (TPSA) is 61.8 Å². The van der Waals surface area contributed by atoms with Crippen LogP contribution in [-0.4, -0.2) is 36.3 Å². The van der Waals surface area contributed by atoms with Crippen molar-refractivity contribution in [1.82, 2.24) is 4.90 Å². The van der Waals surface area contributed by atoms with Crippen molar-refractivity contribution >= 4 is 11.7 Å². The Morgan fingerprint density at radius 1 is 1.36 bits per heavy atom. The molecule has 25 heavy (non-hydrogen) atoms. The van der Waals surface area contributed by atoms with E-state index in [1.54, 1.807) is 4.90 Å². The van der Waals surface area contributed by atoms with Crippen LogP contribution in [0.4, 0.5) is 14.9 Å².